The van der Waals surface area contributed by atoms with Crippen LogP contribution in [0.15, 0.2) is 18.2 Å². The molecule has 2 rings (SSSR count). The maximum absolute atomic E-state index is 11.6. The van der Waals surface area contributed by atoms with E-state index in [9.17, 15) is 19.7 Å². The molecule has 1 aromatic rings. The monoisotopic (exact) mass is 305 g/mol. The highest BCUT2D eigenvalue weighted by Crippen LogP contribution is 2.32. The summed E-state index contributed by atoms with van der Waals surface area (Å²) < 4.78 is 0. The molecule has 0 saturated carbocycles. The number of nitrogens with zero attached hydrogens (tertiary/aromatic N) is 2. The smallest absolute Gasteiger partial charge is 0.293 e. The fourth-order valence-electron chi connectivity index (χ4n) is 2.74. The molecule has 1 saturated heterocycles. The number of amides is 1. The van der Waals surface area contributed by atoms with Gasteiger partial charge in [-0.25, -0.2) is 0 Å². The van der Waals surface area contributed by atoms with Crippen LogP contribution < -0.4 is 10.2 Å². The maximum Gasteiger partial charge on any atom is 0.293 e. The van der Waals surface area contributed by atoms with Crippen molar-refractivity contribution in [3.63, 3.8) is 0 Å². The Balaban J connectivity index is 2.21. The quantitative estimate of drug-likeness (QED) is 0.520. The van der Waals surface area contributed by atoms with E-state index in [0.717, 1.165) is 0 Å². The number of nitro benzene ring substituents is 1. The zero-order valence-electron chi connectivity index (χ0n) is 12.7. The number of hydrogen-bond acceptors (Lipinski definition) is 5. The number of nitrogens with one attached hydrogen (secondary N) is 1. The van der Waals surface area contributed by atoms with Crippen LogP contribution >= 0.6 is 0 Å². The molecule has 1 aliphatic heterocycles. The van der Waals surface area contributed by atoms with Crippen LogP contribution in [0.4, 0.5) is 11.4 Å². The third kappa shape index (κ3) is 3.24. The van der Waals surface area contributed by atoms with Gasteiger partial charge in [0.1, 0.15) is 5.69 Å². The average molecular weight is 305 g/mol. The number of ketones is 1. The summed E-state index contributed by atoms with van der Waals surface area (Å²) in [7, 11) is 1.61. The first-order valence-corrected chi connectivity index (χ1v) is 7.20. The first-order chi connectivity index (χ1) is 10.4. The zero-order chi connectivity index (χ0) is 16.3. The van der Waals surface area contributed by atoms with Crippen LogP contribution in [-0.2, 0) is 4.79 Å². The van der Waals surface area contributed by atoms with Crippen molar-refractivity contribution >= 4 is 23.1 Å². The molecule has 0 atom stereocenters. The second-order valence-corrected chi connectivity index (χ2v) is 5.39. The van der Waals surface area contributed by atoms with Crippen LogP contribution in [0.25, 0.3) is 0 Å². The number of rotatable bonds is 4. The van der Waals surface area contributed by atoms with Crippen molar-refractivity contribution < 1.29 is 14.5 Å². The van der Waals surface area contributed by atoms with Gasteiger partial charge in [0, 0.05) is 37.7 Å². The van der Waals surface area contributed by atoms with Gasteiger partial charge in [-0.05, 0) is 31.9 Å². The molecule has 0 bridgehead atoms. The van der Waals surface area contributed by atoms with Crippen LogP contribution in [0, 0.1) is 16.0 Å². The largest absolute Gasteiger partial charge is 0.366 e. The Morgan fingerprint density at radius 2 is 1.95 bits per heavy atom. The van der Waals surface area contributed by atoms with Gasteiger partial charge in [0.15, 0.2) is 5.78 Å². The van der Waals surface area contributed by atoms with Crippen LogP contribution in [-0.4, -0.2) is 36.8 Å². The number of nitro groups is 1. The molecule has 118 valence electrons. The van der Waals surface area contributed by atoms with E-state index in [2.05, 4.69) is 5.32 Å². The summed E-state index contributed by atoms with van der Waals surface area (Å²) in [6.45, 7) is 2.55. The van der Waals surface area contributed by atoms with Crippen molar-refractivity contribution in [2.75, 3.05) is 25.0 Å². The van der Waals surface area contributed by atoms with Gasteiger partial charge in [-0.15, -0.1) is 0 Å². The summed E-state index contributed by atoms with van der Waals surface area (Å²) in [5.41, 5.74) is 0.771. The molecular formula is C15H19N3O4. The van der Waals surface area contributed by atoms with Gasteiger partial charge in [-0.2, -0.15) is 0 Å². The number of carbonyl (C=O) groups is 2. The molecule has 1 fully saturated rings. The first kappa shape index (κ1) is 15.9. The maximum atomic E-state index is 11.6. The van der Waals surface area contributed by atoms with E-state index in [1.165, 1.54) is 13.0 Å². The Kier molecular flexibility index (Phi) is 4.75. The van der Waals surface area contributed by atoms with E-state index in [1.54, 1.807) is 19.2 Å². The summed E-state index contributed by atoms with van der Waals surface area (Å²) in [6, 6.07) is 4.55. The van der Waals surface area contributed by atoms with Gasteiger partial charge in [0.05, 0.1) is 4.92 Å². The standard InChI is InChI=1S/C15H19N3O4/c1-10(19)12-3-4-13(14(9-12)18(21)22)17-7-5-11(6-8-17)15(20)16-2/h3-4,9,11H,5-8H2,1-2H3,(H,16,20). The minimum Gasteiger partial charge on any atom is -0.366 e. The van der Waals surface area contributed by atoms with E-state index < -0.39 is 4.92 Å². The van der Waals surface area contributed by atoms with Crippen molar-refractivity contribution in [3.8, 4) is 0 Å². The van der Waals surface area contributed by atoms with E-state index in [0.29, 0.717) is 37.2 Å². The summed E-state index contributed by atoms with van der Waals surface area (Å²) in [4.78, 5) is 35.7. The van der Waals surface area contributed by atoms with Crippen molar-refractivity contribution in [1.82, 2.24) is 5.32 Å². The second-order valence-electron chi connectivity index (χ2n) is 5.39. The van der Waals surface area contributed by atoms with Crippen molar-refractivity contribution in [2.45, 2.75) is 19.8 Å². The summed E-state index contributed by atoms with van der Waals surface area (Å²) in [6.07, 6.45) is 1.32. The molecule has 22 heavy (non-hydrogen) atoms. The number of carbonyl (C=O) groups excluding carboxylic acids is 2. The molecule has 1 N–H and O–H groups in total. The van der Waals surface area contributed by atoms with Gasteiger partial charge >= 0.3 is 0 Å². The lowest BCUT2D eigenvalue weighted by atomic mass is 9.95. The topological polar surface area (TPSA) is 92.6 Å². The molecule has 1 aliphatic rings. The summed E-state index contributed by atoms with van der Waals surface area (Å²) in [5, 5.41) is 13.9. The number of hydrogen-bond donors (Lipinski definition) is 1. The third-order valence-corrected chi connectivity index (χ3v) is 4.03. The van der Waals surface area contributed by atoms with Crippen LogP contribution in [0.3, 0.4) is 0 Å². The Hall–Kier alpha value is -2.44. The molecule has 1 amide bonds. The summed E-state index contributed by atoms with van der Waals surface area (Å²) >= 11 is 0. The SMILES string of the molecule is CNC(=O)C1CCN(c2ccc(C(C)=O)cc2[N+](=O)[O-])CC1. The number of benzene rings is 1. The highest BCUT2D eigenvalue weighted by atomic mass is 16.6. The predicted octanol–water partition coefficient (Wildman–Crippen LogP) is 1.76. The average Bonchev–Trinajstić information content (AvgIpc) is 2.53. The first-order valence-electron chi connectivity index (χ1n) is 7.20. The fourth-order valence-corrected chi connectivity index (χ4v) is 2.74. The molecule has 0 aromatic heterocycles. The lowest BCUT2D eigenvalue weighted by Gasteiger charge is -2.32. The van der Waals surface area contributed by atoms with Crippen LogP contribution in [0.1, 0.15) is 30.1 Å². The zero-order valence-corrected chi connectivity index (χ0v) is 12.7. The highest BCUT2D eigenvalue weighted by molar-refractivity contribution is 5.95. The van der Waals surface area contributed by atoms with Crippen LogP contribution in [0.5, 0.6) is 0 Å². The minimum absolute atomic E-state index is 0.0149. The number of Topliss-reactive ketones (excluding diaryl/α,β-unsaturated/α-hetero) is 1. The second kappa shape index (κ2) is 6.55. The van der Waals surface area contributed by atoms with E-state index in [4.69, 9.17) is 0 Å². The van der Waals surface area contributed by atoms with Crippen molar-refractivity contribution in [1.29, 1.82) is 0 Å². The Morgan fingerprint density at radius 3 is 2.45 bits per heavy atom. The fraction of sp³-hybridized carbons (Fsp3) is 0.467. The Bertz CT molecular complexity index is 607. The van der Waals surface area contributed by atoms with Crippen molar-refractivity contribution in [2.24, 2.45) is 5.92 Å². The molecule has 0 spiro atoms. The molecule has 0 aliphatic carbocycles. The minimum atomic E-state index is -0.466. The molecule has 1 aromatic carbocycles. The van der Waals surface area contributed by atoms with E-state index in [1.807, 2.05) is 4.90 Å². The van der Waals surface area contributed by atoms with Gasteiger partial charge in [0.2, 0.25) is 5.91 Å². The Morgan fingerprint density at radius 1 is 1.32 bits per heavy atom. The van der Waals surface area contributed by atoms with Crippen LogP contribution in [0.2, 0.25) is 0 Å². The van der Waals surface area contributed by atoms with Gasteiger partial charge in [0.25, 0.3) is 5.69 Å². The van der Waals surface area contributed by atoms with Gasteiger partial charge in [-0.1, -0.05) is 0 Å². The van der Waals surface area contributed by atoms with Crippen molar-refractivity contribution in [3.05, 3.63) is 33.9 Å². The van der Waals surface area contributed by atoms with E-state index in [-0.39, 0.29) is 23.3 Å². The lowest BCUT2D eigenvalue weighted by Crippen LogP contribution is -2.39. The Labute approximate surface area is 128 Å². The number of anilines is 1. The van der Waals surface area contributed by atoms with Gasteiger partial charge < -0.3 is 10.2 Å². The molecule has 0 radical (unpaired) electrons. The van der Waals surface area contributed by atoms with E-state index >= 15 is 0 Å². The molecular weight excluding hydrogens is 286 g/mol. The highest BCUT2D eigenvalue weighted by Gasteiger charge is 2.28. The third-order valence-electron chi connectivity index (χ3n) is 4.03. The predicted molar refractivity (Wildman–Crippen MR) is 82.1 cm³/mol. The molecule has 7 nitrogen and oxygen atoms in total. The normalized spacial score (nSPS) is 15.5. The van der Waals surface area contributed by atoms with Gasteiger partial charge in [-0.3, -0.25) is 19.7 Å². The summed E-state index contributed by atoms with van der Waals surface area (Å²) in [5.74, 6) is -0.231. The molecule has 1 heterocycles. The lowest BCUT2D eigenvalue weighted by molar-refractivity contribution is -0.384. The molecule has 0 unspecified atom stereocenters. The molecule has 7 heteroatoms. The number of piperidine rings is 1.